The molecule has 31 heavy (non-hydrogen) atoms. The number of nitrogens with zero attached hydrogens (tertiary/aromatic N) is 2. The predicted molar refractivity (Wildman–Crippen MR) is 117 cm³/mol. The first-order chi connectivity index (χ1) is 15.0. The molecule has 0 aliphatic carbocycles. The Morgan fingerprint density at radius 3 is 2.26 bits per heavy atom. The van der Waals surface area contributed by atoms with Crippen LogP contribution in [0.2, 0.25) is 0 Å². The molecule has 2 amide bonds. The quantitative estimate of drug-likeness (QED) is 0.637. The highest BCUT2D eigenvalue weighted by Gasteiger charge is 2.38. The highest BCUT2D eigenvalue weighted by Crippen LogP contribution is 2.35. The van der Waals surface area contributed by atoms with Gasteiger partial charge in [0.2, 0.25) is 0 Å². The van der Waals surface area contributed by atoms with Gasteiger partial charge >= 0.3 is 12.0 Å². The molecule has 1 aromatic carbocycles. The minimum absolute atomic E-state index is 0.227. The Morgan fingerprint density at radius 1 is 1.06 bits per heavy atom. The lowest BCUT2D eigenvalue weighted by Gasteiger charge is -2.39. The number of piperidine rings is 1. The maximum Gasteiger partial charge on any atom is 0.338 e. The summed E-state index contributed by atoms with van der Waals surface area (Å²) in [7, 11) is 3.14. The minimum atomic E-state index is -0.654. The molecule has 2 aliphatic heterocycles. The van der Waals surface area contributed by atoms with E-state index in [1.165, 1.54) is 6.42 Å². The third-order valence-electron chi connectivity index (χ3n) is 5.78. The Bertz CT molecular complexity index is 810. The summed E-state index contributed by atoms with van der Waals surface area (Å²) in [5.74, 6) is 0.754. The summed E-state index contributed by atoms with van der Waals surface area (Å²) in [5.41, 5.74) is 1.88. The number of hydrogen-bond donors (Lipinski definition) is 1. The fraction of sp³-hybridized carbons (Fsp3) is 0.565. The van der Waals surface area contributed by atoms with Crippen molar-refractivity contribution in [2.45, 2.75) is 39.2 Å². The van der Waals surface area contributed by atoms with Crippen LogP contribution in [0.25, 0.3) is 0 Å². The Kier molecular flexibility index (Phi) is 7.79. The van der Waals surface area contributed by atoms with Gasteiger partial charge in [0, 0.05) is 24.9 Å². The molecule has 1 N–H and O–H groups in total. The SMILES string of the molecule is CCOC(=O)C1=C(CN2CCCCC2)N(CC)C(=O)N[C@H]1c1cc(OC)cc(OC)c1. The number of rotatable bonds is 8. The molecular formula is C23H33N3O5. The normalized spacial score (nSPS) is 19.8. The molecule has 1 atom stereocenters. The summed E-state index contributed by atoms with van der Waals surface area (Å²) in [6.07, 6.45) is 3.46. The number of amides is 2. The van der Waals surface area contributed by atoms with Crippen LogP contribution in [0.4, 0.5) is 4.79 Å². The number of esters is 1. The molecule has 2 heterocycles. The van der Waals surface area contributed by atoms with E-state index in [0.717, 1.165) is 25.9 Å². The average Bonchev–Trinajstić information content (AvgIpc) is 2.79. The lowest BCUT2D eigenvalue weighted by molar-refractivity contribution is -0.139. The summed E-state index contributed by atoms with van der Waals surface area (Å²) in [6.45, 7) is 6.86. The zero-order valence-corrected chi connectivity index (χ0v) is 18.9. The van der Waals surface area contributed by atoms with Gasteiger partial charge in [-0.2, -0.15) is 0 Å². The molecule has 8 nitrogen and oxygen atoms in total. The number of hydrogen-bond acceptors (Lipinski definition) is 6. The van der Waals surface area contributed by atoms with Crippen LogP contribution in [-0.2, 0) is 9.53 Å². The van der Waals surface area contributed by atoms with Crippen molar-refractivity contribution in [3.63, 3.8) is 0 Å². The largest absolute Gasteiger partial charge is 0.497 e. The molecule has 0 radical (unpaired) electrons. The number of ether oxygens (including phenoxy) is 3. The lowest BCUT2D eigenvalue weighted by Crippen LogP contribution is -2.51. The standard InChI is InChI=1S/C23H33N3O5/c1-5-26-19(15-25-10-8-7-9-11-25)20(22(27)31-6-2)21(24-23(26)28)16-12-17(29-3)14-18(13-16)30-4/h12-14,21H,5-11,15H2,1-4H3,(H,24,28)/t21-/m0/s1. The molecule has 0 aromatic heterocycles. The van der Waals surface area contributed by atoms with Gasteiger partial charge in [-0.1, -0.05) is 6.42 Å². The number of nitrogens with one attached hydrogen (secondary N) is 1. The monoisotopic (exact) mass is 431 g/mol. The van der Waals surface area contributed by atoms with Gasteiger partial charge in [-0.25, -0.2) is 9.59 Å². The van der Waals surface area contributed by atoms with Gasteiger partial charge in [0.25, 0.3) is 0 Å². The van der Waals surface area contributed by atoms with Gasteiger partial charge in [0.15, 0.2) is 0 Å². The van der Waals surface area contributed by atoms with Crippen molar-refractivity contribution in [2.24, 2.45) is 0 Å². The van der Waals surface area contributed by atoms with Gasteiger partial charge in [-0.15, -0.1) is 0 Å². The van der Waals surface area contributed by atoms with Crippen molar-refractivity contribution in [1.29, 1.82) is 0 Å². The summed E-state index contributed by atoms with van der Waals surface area (Å²) in [4.78, 5) is 30.2. The van der Waals surface area contributed by atoms with Crippen LogP contribution in [0.3, 0.4) is 0 Å². The summed E-state index contributed by atoms with van der Waals surface area (Å²) < 4.78 is 16.2. The Labute approximate surface area is 184 Å². The van der Waals surface area contributed by atoms with E-state index in [1.807, 2.05) is 19.1 Å². The van der Waals surface area contributed by atoms with E-state index in [0.29, 0.717) is 41.4 Å². The number of carbonyl (C=O) groups is 2. The van der Waals surface area contributed by atoms with E-state index in [9.17, 15) is 9.59 Å². The van der Waals surface area contributed by atoms with Crippen molar-refractivity contribution < 1.29 is 23.8 Å². The summed E-state index contributed by atoms with van der Waals surface area (Å²) >= 11 is 0. The van der Waals surface area contributed by atoms with E-state index in [2.05, 4.69) is 10.2 Å². The van der Waals surface area contributed by atoms with Crippen molar-refractivity contribution in [1.82, 2.24) is 15.1 Å². The van der Waals surface area contributed by atoms with Crippen LogP contribution >= 0.6 is 0 Å². The second kappa shape index (κ2) is 10.5. The molecule has 170 valence electrons. The molecule has 1 fully saturated rings. The molecular weight excluding hydrogens is 398 g/mol. The first-order valence-corrected chi connectivity index (χ1v) is 11.0. The number of benzene rings is 1. The highest BCUT2D eigenvalue weighted by atomic mass is 16.5. The summed E-state index contributed by atoms with van der Waals surface area (Å²) in [5, 5.41) is 2.99. The van der Waals surface area contributed by atoms with Crippen LogP contribution in [-0.4, -0.2) is 68.8 Å². The van der Waals surface area contributed by atoms with Crippen molar-refractivity contribution in [2.75, 3.05) is 47.0 Å². The maximum absolute atomic E-state index is 13.2. The van der Waals surface area contributed by atoms with Crippen LogP contribution in [0.1, 0.15) is 44.7 Å². The van der Waals surface area contributed by atoms with Crippen molar-refractivity contribution >= 4 is 12.0 Å². The first-order valence-electron chi connectivity index (χ1n) is 11.0. The molecule has 1 aromatic rings. The highest BCUT2D eigenvalue weighted by molar-refractivity contribution is 5.95. The van der Waals surface area contributed by atoms with Crippen LogP contribution in [0, 0.1) is 0 Å². The van der Waals surface area contributed by atoms with Gasteiger partial charge in [0.05, 0.1) is 32.4 Å². The molecule has 1 saturated heterocycles. The number of methoxy groups -OCH3 is 2. The second-order valence-electron chi connectivity index (χ2n) is 7.69. The zero-order chi connectivity index (χ0) is 22.4. The van der Waals surface area contributed by atoms with E-state index in [1.54, 1.807) is 32.1 Å². The number of likely N-dealkylation sites (tertiary alicyclic amines) is 1. The zero-order valence-electron chi connectivity index (χ0n) is 18.9. The first kappa shape index (κ1) is 22.9. The topological polar surface area (TPSA) is 80.3 Å². The molecule has 0 saturated carbocycles. The van der Waals surface area contributed by atoms with E-state index in [4.69, 9.17) is 14.2 Å². The average molecular weight is 432 g/mol. The Hall–Kier alpha value is -2.74. The fourth-order valence-electron chi connectivity index (χ4n) is 4.23. The molecule has 3 rings (SSSR count). The maximum atomic E-state index is 13.2. The van der Waals surface area contributed by atoms with Crippen LogP contribution in [0.15, 0.2) is 29.5 Å². The number of carbonyl (C=O) groups excluding carboxylic acids is 2. The van der Waals surface area contributed by atoms with Gasteiger partial charge in [-0.3, -0.25) is 9.80 Å². The van der Waals surface area contributed by atoms with E-state index in [-0.39, 0.29) is 12.6 Å². The number of likely N-dealkylation sites (N-methyl/N-ethyl adjacent to an activating group) is 1. The molecule has 0 unspecified atom stereocenters. The van der Waals surface area contributed by atoms with Gasteiger partial charge in [0.1, 0.15) is 11.5 Å². The van der Waals surface area contributed by atoms with Crippen molar-refractivity contribution in [3.05, 3.63) is 35.0 Å². The second-order valence-corrected chi connectivity index (χ2v) is 7.69. The molecule has 2 aliphatic rings. The van der Waals surface area contributed by atoms with Crippen molar-refractivity contribution in [3.8, 4) is 11.5 Å². The smallest absolute Gasteiger partial charge is 0.338 e. The van der Waals surface area contributed by atoms with Crippen LogP contribution < -0.4 is 14.8 Å². The molecule has 8 heteroatoms. The van der Waals surface area contributed by atoms with Gasteiger partial charge < -0.3 is 19.5 Å². The van der Waals surface area contributed by atoms with Gasteiger partial charge in [-0.05, 0) is 57.5 Å². The minimum Gasteiger partial charge on any atom is -0.497 e. The number of urea groups is 1. The molecule has 0 spiro atoms. The van der Waals surface area contributed by atoms with E-state index >= 15 is 0 Å². The van der Waals surface area contributed by atoms with E-state index < -0.39 is 12.0 Å². The Morgan fingerprint density at radius 2 is 1.71 bits per heavy atom. The predicted octanol–water partition coefficient (Wildman–Crippen LogP) is 3.09. The summed E-state index contributed by atoms with van der Waals surface area (Å²) in [6, 6.07) is 4.50. The van der Waals surface area contributed by atoms with Crippen LogP contribution in [0.5, 0.6) is 11.5 Å². The Balaban J connectivity index is 2.12. The lowest BCUT2D eigenvalue weighted by atomic mass is 9.93. The third kappa shape index (κ3) is 5.12. The fourth-order valence-corrected chi connectivity index (χ4v) is 4.23. The third-order valence-corrected chi connectivity index (χ3v) is 5.78. The molecule has 0 bridgehead atoms.